The van der Waals surface area contributed by atoms with Gasteiger partial charge in [0.1, 0.15) is 0 Å². The van der Waals surface area contributed by atoms with Gasteiger partial charge >= 0.3 is 0 Å². The number of carbonyl (C=O) groups is 1. The predicted molar refractivity (Wildman–Crippen MR) is 75.7 cm³/mol. The molecule has 2 aromatic rings. The van der Waals surface area contributed by atoms with Gasteiger partial charge in [0.2, 0.25) is 0 Å². The number of rotatable bonds is 4. The zero-order chi connectivity index (χ0) is 13.9. The molecule has 1 amide bonds. The van der Waals surface area contributed by atoms with Gasteiger partial charge in [-0.1, -0.05) is 30.3 Å². The van der Waals surface area contributed by atoms with Gasteiger partial charge in [-0.25, -0.2) is 4.68 Å². The first kappa shape index (κ1) is 12.8. The maximum Gasteiger partial charge on any atom is 0.277 e. The zero-order valence-corrected chi connectivity index (χ0v) is 11.3. The van der Waals surface area contributed by atoms with Gasteiger partial charge < -0.3 is 10.6 Å². The van der Waals surface area contributed by atoms with Crippen molar-refractivity contribution in [3.05, 3.63) is 41.7 Å². The molecule has 0 spiro atoms. The molecule has 0 saturated carbocycles. The quantitative estimate of drug-likeness (QED) is 0.877. The third-order valence-corrected chi connectivity index (χ3v) is 3.52. The molecule has 1 aromatic carbocycles. The number of nitrogens with zero attached hydrogens (tertiary/aromatic N) is 3. The molecule has 2 heterocycles. The Morgan fingerprint density at radius 1 is 1.45 bits per heavy atom. The molecule has 0 unspecified atom stereocenters. The molecule has 0 bridgehead atoms. The summed E-state index contributed by atoms with van der Waals surface area (Å²) < 4.78 is 1.75. The van der Waals surface area contributed by atoms with Gasteiger partial charge in [0.05, 0.1) is 12.2 Å². The summed E-state index contributed by atoms with van der Waals surface area (Å²) in [7, 11) is 0. The monoisotopic (exact) mass is 271 g/mol. The number of benzene rings is 1. The number of aryl methyl sites for hydroxylation is 1. The molecule has 6 heteroatoms. The Morgan fingerprint density at radius 3 is 2.95 bits per heavy atom. The van der Waals surface area contributed by atoms with Gasteiger partial charge in [0.25, 0.3) is 5.91 Å². The van der Waals surface area contributed by atoms with Gasteiger partial charge in [-0.05, 0) is 18.1 Å². The van der Waals surface area contributed by atoms with Crippen LogP contribution in [0.4, 0.5) is 5.69 Å². The van der Waals surface area contributed by atoms with Crippen molar-refractivity contribution < 1.29 is 4.79 Å². The zero-order valence-electron chi connectivity index (χ0n) is 11.3. The highest BCUT2D eigenvalue weighted by Gasteiger charge is 2.21. The van der Waals surface area contributed by atoms with Crippen LogP contribution in [0.25, 0.3) is 0 Å². The van der Waals surface area contributed by atoms with Gasteiger partial charge in [-0.15, -0.1) is 5.10 Å². The molecule has 1 aliphatic heterocycles. The Bertz CT molecular complexity index is 618. The summed E-state index contributed by atoms with van der Waals surface area (Å²) in [6.07, 6.45) is 2.58. The van der Waals surface area contributed by atoms with Crippen LogP contribution in [-0.2, 0) is 6.42 Å². The van der Waals surface area contributed by atoms with Crippen molar-refractivity contribution in [3.8, 4) is 0 Å². The molecule has 0 atom stereocenters. The Kier molecular flexibility index (Phi) is 3.47. The third-order valence-electron chi connectivity index (χ3n) is 3.52. The lowest BCUT2D eigenvalue weighted by Gasteiger charge is -2.26. The van der Waals surface area contributed by atoms with Crippen LogP contribution in [-0.4, -0.2) is 34.0 Å². The minimum Gasteiger partial charge on any atom is -0.320 e. The maximum atomic E-state index is 12.2. The summed E-state index contributed by atoms with van der Waals surface area (Å²) in [5.74, 6) is -0.218. The lowest BCUT2D eigenvalue weighted by atomic mass is 10.1. The van der Waals surface area contributed by atoms with E-state index in [1.807, 2.05) is 24.3 Å². The Morgan fingerprint density at radius 2 is 2.25 bits per heavy atom. The molecule has 1 aliphatic rings. The number of hydrogen-bond donors (Lipinski definition) is 2. The molecular formula is C14H17N5O. The Hall–Kier alpha value is -2.21. The first-order chi connectivity index (χ1) is 9.78. The number of amides is 1. The molecule has 0 aliphatic carbocycles. The van der Waals surface area contributed by atoms with Crippen molar-refractivity contribution in [2.45, 2.75) is 19.4 Å². The van der Waals surface area contributed by atoms with Crippen LogP contribution in [0.5, 0.6) is 0 Å². The van der Waals surface area contributed by atoms with Crippen LogP contribution in [0, 0.1) is 0 Å². The van der Waals surface area contributed by atoms with E-state index in [1.54, 1.807) is 10.9 Å². The van der Waals surface area contributed by atoms with E-state index in [2.05, 4.69) is 27.9 Å². The number of carbonyl (C=O) groups excluding carboxylic acids is 1. The van der Waals surface area contributed by atoms with E-state index >= 15 is 0 Å². The average Bonchev–Trinajstić information content (AvgIpc) is 2.87. The van der Waals surface area contributed by atoms with Crippen LogP contribution in [0.2, 0.25) is 0 Å². The number of anilines is 1. The summed E-state index contributed by atoms with van der Waals surface area (Å²) in [6.45, 7) is 3.82. The molecule has 104 valence electrons. The molecule has 20 heavy (non-hydrogen) atoms. The number of nitrogens with one attached hydrogen (secondary N) is 2. The second kappa shape index (κ2) is 5.42. The van der Waals surface area contributed by atoms with Crippen LogP contribution in [0.15, 0.2) is 30.5 Å². The number of para-hydroxylation sites is 1. The van der Waals surface area contributed by atoms with Crippen molar-refractivity contribution >= 4 is 11.6 Å². The van der Waals surface area contributed by atoms with Crippen LogP contribution in [0.3, 0.4) is 0 Å². The van der Waals surface area contributed by atoms with E-state index < -0.39 is 0 Å². The van der Waals surface area contributed by atoms with Crippen molar-refractivity contribution in [2.75, 3.05) is 18.4 Å². The second-order valence-corrected chi connectivity index (χ2v) is 4.86. The maximum absolute atomic E-state index is 12.2. The average molecular weight is 271 g/mol. The topological polar surface area (TPSA) is 71.8 Å². The smallest absolute Gasteiger partial charge is 0.277 e. The molecule has 3 rings (SSSR count). The van der Waals surface area contributed by atoms with Crippen molar-refractivity contribution in [2.24, 2.45) is 0 Å². The number of hydrogen-bond acceptors (Lipinski definition) is 4. The fourth-order valence-corrected chi connectivity index (χ4v) is 2.16. The molecule has 6 nitrogen and oxygen atoms in total. The van der Waals surface area contributed by atoms with Crippen molar-refractivity contribution in [1.29, 1.82) is 0 Å². The van der Waals surface area contributed by atoms with E-state index in [4.69, 9.17) is 0 Å². The highest BCUT2D eigenvalue weighted by atomic mass is 16.2. The van der Waals surface area contributed by atoms with Crippen molar-refractivity contribution in [3.63, 3.8) is 0 Å². The molecule has 0 radical (unpaired) electrons. The highest BCUT2D eigenvalue weighted by molar-refractivity contribution is 6.03. The summed E-state index contributed by atoms with van der Waals surface area (Å²) in [6, 6.07) is 8.09. The minimum atomic E-state index is -0.218. The van der Waals surface area contributed by atoms with Gasteiger partial charge in [0.15, 0.2) is 5.69 Å². The molecular weight excluding hydrogens is 254 g/mol. The SMILES string of the molecule is CCc1ccccc1NC(=O)c1cn(C2CNC2)nn1. The molecule has 1 saturated heterocycles. The highest BCUT2D eigenvalue weighted by Crippen LogP contribution is 2.16. The Balaban J connectivity index is 1.73. The van der Waals surface area contributed by atoms with E-state index in [0.29, 0.717) is 11.7 Å². The van der Waals surface area contributed by atoms with E-state index in [1.165, 1.54) is 0 Å². The predicted octanol–water partition coefficient (Wildman–Crippen LogP) is 1.24. The lowest BCUT2D eigenvalue weighted by Crippen LogP contribution is -2.43. The largest absolute Gasteiger partial charge is 0.320 e. The molecule has 1 fully saturated rings. The molecule has 1 aromatic heterocycles. The summed E-state index contributed by atoms with van der Waals surface area (Å²) >= 11 is 0. The number of aromatic nitrogens is 3. The first-order valence-electron chi connectivity index (χ1n) is 6.79. The van der Waals surface area contributed by atoms with Gasteiger partial charge in [0, 0.05) is 18.8 Å². The first-order valence-corrected chi connectivity index (χ1v) is 6.79. The van der Waals surface area contributed by atoms with E-state index in [9.17, 15) is 4.79 Å². The summed E-state index contributed by atoms with van der Waals surface area (Å²) in [4.78, 5) is 12.2. The van der Waals surface area contributed by atoms with Crippen LogP contribution >= 0.6 is 0 Å². The Labute approximate surface area is 117 Å². The summed E-state index contributed by atoms with van der Waals surface area (Å²) in [5, 5.41) is 14.0. The lowest BCUT2D eigenvalue weighted by molar-refractivity contribution is 0.102. The summed E-state index contributed by atoms with van der Waals surface area (Å²) in [5.41, 5.74) is 2.29. The fourth-order valence-electron chi connectivity index (χ4n) is 2.16. The third kappa shape index (κ3) is 2.42. The minimum absolute atomic E-state index is 0.218. The van der Waals surface area contributed by atoms with Gasteiger partial charge in [-0.3, -0.25) is 4.79 Å². The van der Waals surface area contributed by atoms with Gasteiger partial charge in [-0.2, -0.15) is 0 Å². The van der Waals surface area contributed by atoms with E-state index in [-0.39, 0.29) is 5.91 Å². The molecule has 2 N–H and O–H groups in total. The standard InChI is InChI=1S/C14H17N5O/c1-2-10-5-3-4-6-12(10)16-14(20)13-9-19(18-17-13)11-7-15-8-11/h3-6,9,11,15H,2,7-8H2,1H3,(H,16,20). The van der Waals surface area contributed by atoms with E-state index in [0.717, 1.165) is 30.8 Å². The van der Waals surface area contributed by atoms with Crippen LogP contribution < -0.4 is 10.6 Å². The van der Waals surface area contributed by atoms with Crippen LogP contribution in [0.1, 0.15) is 29.0 Å². The second-order valence-electron chi connectivity index (χ2n) is 4.86. The van der Waals surface area contributed by atoms with Crippen molar-refractivity contribution in [1.82, 2.24) is 20.3 Å². The normalized spacial score (nSPS) is 14.8. The fraction of sp³-hybridized carbons (Fsp3) is 0.357.